The second kappa shape index (κ2) is 8.54. The van der Waals surface area contributed by atoms with Gasteiger partial charge in [0.25, 0.3) is 0 Å². The summed E-state index contributed by atoms with van der Waals surface area (Å²) in [5.41, 5.74) is 1.81. The highest BCUT2D eigenvalue weighted by Gasteiger charge is 2.48. The number of hydrogen-bond acceptors (Lipinski definition) is 6. The van der Waals surface area contributed by atoms with E-state index in [0.29, 0.717) is 51.3 Å². The molecule has 3 aromatic rings. The van der Waals surface area contributed by atoms with E-state index in [0.717, 1.165) is 19.3 Å². The quantitative estimate of drug-likeness (QED) is 0.370. The van der Waals surface area contributed by atoms with Gasteiger partial charge >= 0.3 is 5.97 Å². The molecule has 1 aliphatic heterocycles. The van der Waals surface area contributed by atoms with Crippen LogP contribution in [0.5, 0.6) is 0 Å². The number of carbonyl (C=O) groups is 1. The number of piperidine rings is 1. The molecule has 6 rings (SSSR count). The van der Waals surface area contributed by atoms with E-state index in [9.17, 15) is 9.18 Å². The molecule has 0 unspecified atom stereocenters. The maximum atomic E-state index is 14.6. The van der Waals surface area contributed by atoms with Crippen molar-refractivity contribution in [3.63, 3.8) is 0 Å². The van der Waals surface area contributed by atoms with Gasteiger partial charge in [0.2, 0.25) is 0 Å². The highest BCUT2D eigenvalue weighted by Crippen LogP contribution is 2.47. The Labute approximate surface area is 211 Å². The van der Waals surface area contributed by atoms with Gasteiger partial charge in [-0.25, -0.2) is 9.18 Å². The minimum atomic E-state index is -0.493. The third kappa shape index (κ3) is 3.85. The van der Waals surface area contributed by atoms with Gasteiger partial charge in [0, 0.05) is 36.4 Å². The van der Waals surface area contributed by atoms with Gasteiger partial charge in [-0.3, -0.25) is 0 Å². The van der Waals surface area contributed by atoms with Gasteiger partial charge in [-0.15, -0.1) is 0 Å². The Morgan fingerprint density at radius 2 is 1.97 bits per heavy atom. The molecule has 3 aliphatic rings. The van der Waals surface area contributed by atoms with Crippen molar-refractivity contribution in [3.8, 4) is 17.3 Å². The first-order valence-corrected chi connectivity index (χ1v) is 12.3. The van der Waals surface area contributed by atoms with Crippen LogP contribution in [0.15, 0.2) is 40.9 Å². The number of nitrogens with zero attached hydrogens (tertiary/aromatic N) is 3. The van der Waals surface area contributed by atoms with Crippen molar-refractivity contribution in [2.75, 3.05) is 11.4 Å². The fourth-order valence-corrected chi connectivity index (χ4v) is 5.95. The smallest absolute Gasteiger partial charge is 0.344 e. The molecule has 35 heavy (non-hydrogen) atoms. The SMILES string of the molecule is N#Cc1ccc(N2C[C@@H]3C[C@H]2C[C@H]3OC(=O)c2c(-c3c(Cl)cccc3Cl)noc2C2CC2)c(F)c1. The molecule has 0 spiro atoms. The molecule has 2 heterocycles. The zero-order valence-electron chi connectivity index (χ0n) is 18.5. The molecule has 3 atom stereocenters. The number of fused-ring (bicyclic) bond motifs is 2. The Hall–Kier alpha value is -3.08. The summed E-state index contributed by atoms with van der Waals surface area (Å²) >= 11 is 12.8. The van der Waals surface area contributed by atoms with E-state index in [1.165, 1.54) is 6.07 Å². The fourth-order valence-electron chi connectivity index (χ4n) is 5.37. The summed E-state index contributed by atoms with van der Waals surface area (Å²) < 4.78 is 26.2. The number of halogens is 3. The summed E-state index contributed by atoms with van der Waals surface area (Å²) in [4.78, 5) is 15.5. The summed E-state index contributed by atoms with van der Waals surface area (Å²) in [6, 6.07) is 11.6. The summed E-state index contributed by atoms with van der Waals surface area (Å²) in [5, 5.41) is 13.9. The molecule has 1 aromatic heterocycles. The zero-order valence-corrected chi connectivity index (χ0v) is 20.0. The van der Waals surface area contributed by atoms with Gasteiger partial charge in [0.15, 0.2) is 5.76 Å². The van der Waals surface area contributed by atoms with Crippen LogP contribution in [0.2, 0.25) is 10.0 Å². The molecule has 0 N–H and O–H groups in total. The van der Waals surface area contributed by atoms with Crippen LogP contribution in [-0.2, 0) is 4.74 Å². The number of anilines is 1. The number of benzene rings is 2. The molecule has 2 aliphatic carbocycles. The van der Waals surface area contributed by atoms with Crippen molar-refractivity contribution in [2.24, 2.45) is 5.92 Å². The van der Waals surface area contributed by atoms with E-state index in [2.05, 4.69) is 5.16 Å². The van der Waals surface area contributed by atoms with Crippen LogP contribution in [0, 0.1) is 23.1 Å². The lowest BCUT2D eigenvalue weighted by Gasteiger charge is -2.33. The first-order chi connectivity index (χ1) is 16.9. The summed E-state index contributed by atoms with van der Waals surface area (Å²) in [6.45, 7) is 0.577. The van der Waals surface area contributed by atoms with Crippen LogP contribution in [0.4, 0.5) is 10.1 Å². The van der Waals surface area contributed by atoms with E-state index < -0.39 is 11.8 Å². The van der Waals surface area contributed by atoms with Crippen LogP contribution >= 0.6 is 23.2 Å². The molecular formula is C26H20Cl2FN3O3. The topological polar surface area (TPSA) is 79.4 Å². The first-order valence-electron chi connectivity index (χ1n) is 11.6. The molecule has 1 saturated heterocycles. The van der Waals surface area contributed by atoms with Crippen LogP contribution in [0.1, 0.15) is 53.3 Å². The lowest BCUT2D eigenvalue weighted by Crippen LogP contribution is -2.39. The molecule has 0 amide bonds. The molecule has 2 aromatic carbocycles. The zero-order chi connectivity index (χ0) is 24.3. The Morgan fingerprint density at radius 1 is 1.20 bits per heavy atom. The third-order valence-corrected chi connectivity index (χ3v) is 7.82. The number of esters is 1. The van der Waals surface area contributed by atoms with Crippen molar-refractivity contribution in [1.29, 1.82) is 5.26 Å². The van der Waals surface area contributed by atoms with Gasteiger partial charge in [0.1, 0.15) is 23.2 Å². The minimum absolute atomic E-state index is 0.0584. The Balaban J connectivity index is 1.24. The molecule has 2 saturated carbocycles. The third-order valence-electron chi connectivity index (χ3n) is 7.19. The van der Waals surface area contributed by atoms with Crippen molar-refractivity contribution in [3.05, 3.63) is 69.1 Å². The normalized spacial score (nSPS) is 22.9. The molecule has 0 radical (unpaired) electrons. The number of rotatable bonds is 5. The monoisotopic (exact) mass is 511 g/mol. The highest BCUT2D eigenvalue weighted by atomic mass is 35.5. The molecule has 3 fully saturated rings. The van der Waals surface area contributed by atoms with Crippen LogP contribution < -0.4 is 4.90 Å². The number of hydrogen-bond donors (Lipinski definition) is 0. The van der Waals surface area contributed by atoms with Gasteiger partial charge in [-0.05, 0) is 49.6 Å². The Morgan fingerprint density at radius 3 is 2.60 bits per heavy atom. The van der Waals surface area contributed by atoms with Crippen molar-refractivity contribution in [2.45, 2.75) is 43.7 Å². The average Bonchev–Trinajstić information content (AvgIpc) is 3.28. The lowest BCUT2D eigenvalue weighted by molar-refractivity contribution is 0.0191. The van der Waals surface area contributed by atoms with Gasteiger partial charge in [-0.1, -0.05) is 34.4 Å². The van der Waals surface area contributed by atoms with Crippen LogP contribution in [-0.4, -0.2) is 29.8 Å². The minimum Gasteiger partial charge on any atom is -0.458 e. The Bertz CT molecular complexity index is 1360. The lowest BCUT2D eigenvalue weighted by atomic mass is 10.0. The second-order valence-corrected chi connectivity index (χ2v) is 10.2. The fraction of sp³-hybridized carbons (Fsp3) is 0.346. The summed E-state index contributed by atoms with van der Waals surface area (Å²) in [6.07, 6.45) is 2.96. The highest BCUT2D eigenvalue weighted by molar-refractivity contribution is 6.39. The van der Waals surface area contributed by atoms with Gasteiger partial charge in [0.05, 0.1) is 27.4 Å². The van der Waals surface area contributed by atoms with Crippen LogP contribution in [0.25, 0.3) is 11.3 Å². The number of carbonyl (C=O) groups excluding carboxylic acids is 1. The van der Waals surface area contributed by atoms with E-state index in [1.54, 1.807) is 30.3 Å². The first kappa shape index (κ1) is 22.4. The van der Waals surface area contributed by atoms with Crippen molar-refractivity contribution < 1.29 is 18.4 Å². The molecule has 178 valence electrons. The number of nitriles is 1. The second-order valence-electron chi connectivity index (χ2n) is 9.40. The summed E-state index contributed by atoms with van der Waals surface area (Å²) in [7, 11) is 0. The van der Waals surface area contributed by atoms with Crippen molar-refractivity contribution in [1.82, 2.24) is 5.16 Å². The van der Waals surface area contributed by atoms with E-state index in [1.807, 2.05) is 11.0 Å². The summed E-state index contributed by atoms with van der Waals surface area (Å²) in [5.74, 6) is -0.173. The van der Waals surface area contributed by atoms with Gasteiger partial charge < -0.3 is 14.2 Å². The van der Waals surface area contributed by atoms with Crippen LogP contribution in [0.3, 0.4) is 0 Å². The molecule has 6 nitrogen and oxygen atoms in total. The maximum Gasteiger partial charge on any atom is 0.344 e. The average molecular weight is 512 g/mol. The van der Waals surface area contributed by atoms with E-state index in [4.69, 9.17) is 37.7 Å². The van der Waals surface area contributed by atoms with E-state index in [-0.39, 0.29) is 29.5 Å². The van der Waals surface area contributed by atoms with E-state index >= 15 is 0 Å². The van der Waals surface area contributed by atoms with Gasteiger partial charge in [-0.2, -0.15) is 5.26 Å². The Kier molecular flexibility index (Phi) is 5.46. The van der Waals surface area contributed by atoms with Crippen molar-refractivity contribution >= 4 is 34.9 Å². The molecular weight excluding hydrogens is 492 g/mol. The maximum absolute atomic E-state index is 14.6. The standard InChI is InChI=1S/C26H20Cl2FN3O3/c27-17-2-1-3-18(28)22(17)24-23(25(35-31-24)14-5-6-14)26(33)34-21-10-16-9-15(21)12-32(16)20-7-4-13(11-30)8-19(20)29/h1-4,7-8,14-16,21H,5-6,9-10,12H2/t15-,16-,21+/m0/s1. The number of ether oxygens (including phenoxy) is 1. The molecule has 2 bridgehead atoms. The predicted molar refractivity (Wildman–Crippen MR) is 128 cm³/mol. The largest absolute Gasteiger partial charge is 0.458 e. The molecule has 9 heteroatoms. The number of aromatic nitrogens is 1. The predicted octanol–water partition coefficient (Wildman–Crippen LogP) is 6.36.